The first kappa shape index (κ1) is 12.8. The summed E-state index contributed by atoms with van der Waals surface area (Å²) >= 11 is 0. The average molecular weight is 273 g/mol. The number of carbonyl (C=O) groups is 1. The Balaban J connectivity index is 2.06. The number of hydrogen-bond donors (Lipinski definition) is 0. The Morgan fingerprint density at radius 1 is 1.05 bits per heavy atom. The minimum atomic E-state index is -2.46. The summed E-state index contributed by atoms with van der Waals surface area (Å²) < 4.78 is 25.1. The van der Waals surface area contributed by atoms with Gasteiger partial charge in [0.15, 0.2) is 0 Å². The van der Waals surface area contributed by atoms with Crippen LogP contribution >= 0.6 is 0 Å². The summed E-state index contributed by atoms with van der Waals surface area (Å²) in [6, 6.07) is 11.8. The van der Waals surface area contributed by atoms with Gasteiger partial charge in [-0.2, -0.15) is 0 Å². The molecule has 0 aliphatic carbocycles. The molecule has 20 heavy (non-hydrogen) atoms. The van der Waals surface area contributed by atoms with Crippen LogP contribution in [0.2, 0.25) is 0 Å². The largest absolute Gasteiger partial charge is 0.337 e. The molecular formula is C16H13F2NO. The van der Waals surface area contributed by atoms with E-state index in [2.05, 4.69) is 0 Å². The van der Waals surface area contributed by atoms with Crippen LogP contribution in [0.1, 0.15) is 27.9 Å². The maximum atomic E-state index is 12.6. The molecule has 1 heterocycles. The molecule has 0 saturated carbocycles. The molecule has 0 spiro atoms. The molecule has 3 rings (SSSR count). The first-order valence-corrected chi connectivity index (χ1v) is 6.34. The summed E-state index contributed by atoms with van der Waals surface area (Å²) in [6.07, 6.45) is -2.46. The van der Waals surface area contributed by atoms with Crippen molar-refractivity contribution in [3.8, 4) is 11.1 Å². The molecule has 2 aromatic carbocycles. The summed E-state index contributed by atoms with van der Waals surface area (Å²) in [5.41, 5.74) is 3.46. The lowest BCUT2D eigenvalue weighted by molar-refractivity contribution is 0.0816. The molecule has 0 fully saturated rings. The summed E-state index contributed by atoms with van der Waals surface area (Å²) in [4.78, 5) is 13.6. The van der Waals surface area contributed by atoms with Gasteiger partial charge in [0.2, 0.25) is 0 Å². The minimum Gasteiger partial charge on any atom is -0.337 e. The van der Waals surface area contributed by atoms with Crippen LogP contribution in [0.4, 0.5) is 8.78 Å². The molecule has 2 aromatic rings. The van der Waals surface area contributed by atoms with E-state index in [4.69, 9.17) is 0 Å². The van der Waals surface area contributed by atoms with E-state index < -0.39 is 6.43 Å². The van der Waals surface area contributed by atoms with Gasteiger partial charge in [-0.05, 0) is 22.8 Å². The number of nitrogens with zero attached hydrogens (tertiary/aromatic N) is 1. The molecule has 0 saturated heterocycles. The molecule has 0 radical (unpaired) electrons. The van der Waals surface area contributed by atoms with Crippen LogP contribution in [0.3, 0.4) is 0 Å². The van der Waals surface area contributed by atoms with E-state index in [1.807, 2.05) is 12.1 Å². The molecule has 0 N–H and O–H groups in total. The molecule has 1 amide bonds. The maximum Gasteiger partial charge on any atom is 0.263 e. The zero-order valence-corrected chi connectivity index (χ0v) is 10.9. The molecule has 4 heteroatoms. The van der Waals surface area contributed by atoms with Gasteiger partial charge in [0.1, 0.15) is 0 Å². The first-order chi connectivity index (χ1) is 9.58. The van der Waals surface area contributed by atoms with Crippen molar-refractivity contribution < 1.29 is 13.6 Å². The second kappa shape index (κ2) is 4.71. The number of fused-ring (bicyclic) bond motifs is 1. The van der Waals surface area contributed by atoms with E-state index in [0.717, 1.165) is 16.7 Å². The quantitative estimate of drug-likeness (QED) is 0.813. The molecule has 102 valence electrons. The Bertz CT molecular complexity index is 665. The van der Waals surface area contributed by atoms with Gasteiger partial charge in [-0.3, -0.25) is 4.79 Å². The van der Waals surface area contributed by atoms with Crippen molar-refractivity contribution in [3.63, 3.8) is 0 Å². The number of halogens is 2. The topological polar surface area (TPSA) is 20.3 Å². The van der Waals surface area contributed by atoms with Crippen molar-refractivity contribution in [2.24, 2.45) is 0 Å². The van der Waals surface area contributed by atoms with Gasteiger partial charge in [-0.15, -0.1) is 0 Å². The Hall–Kier alpha value is -2.23. The van der Waals surface area contributed by atoms with E-state index in [1.54, 1.807) is 30.1 Å². The highest BCUT2D eigenvalue weighted by atomic mass is 19.3. The third-order valence-electron chi connectivity index (χ3n) is 3.62. The molecule has 0 bridgehead atoms. The SMILES string of the molecule is CN1Cc2c(cccc2-c2ccc(C(F)F)cc2)C1=O. The van der Waals surface area contributed by atoms with E-state index >= 15 is 0 Å². The van der Waals surface area contributed by atoms with Crippen molar-refractivity contribution in [2.75, 3.05) is 7.05 Å². The lowest BCUT2D eigenvalue weighted by atomic mass is 9.96. The van der Waals surface area contributed by atoms with Crippen molar-refractivity contribution in [2.45, 2.75) is 13.0 Å². The van der Waals surface area contributed by atoms with E-state index in [-0.39, 0.29) is 11.5 Å². The highest BCUT2D eigenvalue weighted by molar-refractivity contribution is 6.00. The van der Waals surface area contributed by atoms with Gasteiger partial charge in [0, 0.05) is 24.7 Å². The van der Waals surface area contributed by atoms with E-state index in [0.29, 0.717) is 12.1 Å². The van der Waals surface area contributed by atoms with Crippen molar-refractivity contribution in [3.05, 3.63) is 59.2 Å². The Morgan fingerprint density at radius 3 is 2.35 bits per heavy atom. The van der Waals surface area contributed by atoms with Crippen molar-refractivity contribution in [1.82, 2.24) is 4.90 Å². The second-order valence-corrected chi connectivity index (χ2v) is 4.92. The summed E-state index contributed by atoms with van der Waals surface area (Å²) in [5.74, 6) is 0.00560. The Morgan fingerprint density at radius 2 is 1.70 bits per heavy atom. The Labute approximate surface area is 115 Å². The van der Waals surface area contributed by atoms with Gasteiger partial charge >= 0.3 is 0 Å². The summed E-state index contributed by atoms with van der Waals surface area (Å²) in [6.45, 7) is 0.556. The molecule has 0 atom stereocenters. The van der Waals surface area contributed by atoms with E-state index in [9.17, 15) is 13.6 Å². The highest BCUT2D eigenvalue weighted by Gasteiger charge is 2.26. The minimum absolute atomic E-state index is 0.00560. The van der Waals surface area contributed by atoms with Gasteiger partial charge in [0.25, 0.3) is 12.3 Å². The number of hydrogen-bond acceptors (Lipinski definition) is 1. The number of amides is 1. The van der Waals surface area contributed by atoms with Gasteiger partial charge < -0.3 is 4.90 Å². The summed E-state index contributed by atoms with van der Waals surface area (Å²) in [7, 11) is 1.76. The lowest BCUT2D eigenvalue weighted by Crippen LogP contribution is -2.17. The van der Waals surface area contributed by atoms with Crippen LogP contribution in [0.5, 0.6) is 0 Å². The number of benzene rings is 2. The van der Waals surface area contributed by atoms with Crippen molar-refractivity contribution in [1.29, 1.82) is 0 Å². The molecule has 1 aliphatic rings. The number of rotatable bonds is 2. The molecule has 0 unspecified atom stereocenters. The highest BCUT2D eigenvalue weighted by Crippen LogP contribution is 2.32. The van der Waals surface area contributed by atoms with Crippen LogP contribution in [0.25, 0.3) is 11.1 Å². The molecule has 2 nitrogen and oxygen atoms in total. The standard InChI is InChI=1S/C16H13F2NO/c1-19-9-14-12(3-2-4-13(14)16(19)20)10-5-7-11(8-6-10)15(17)18/h2-8,15H,9H2,1H3. The predicted molar refractivity (Wildman–Crippen MR) is 72.6 cm³/mol. The fourth-order valence-electron chi connectivity index (χ4n) is 2.55. The first-order valence-electron chi connectivity index (χ1n) is 6.34. The van der Waals surface area contributed by atoms with Crippen LogP contribution < -0.4 is 0 Å². The monoisotopic (exact) mass is 273 g/mol. The van der Waals surface area contributed by atoms with Crippen LogP contribution in [0, 0.1) is 0 Å². The van der Waals surface area contributed by atoms with Gasteiger partial charge in [0.05, 0.1) is 0 Å². The fourth-order valence-corrected chi connectivity index (χ4v) is 2.55. The second-order valence-electron chi connectivity index (χ2n) is 4.92. The van der Waals surface area contributed by atoms with Crippen LogP contribution in [0.15, 0.2) is 42.5 Å². The lowest BCUT2D eigenvalue weighted by Gasteiger charge is -2.09. The molecule has 1 aliphatic heterocycles. The average Bonchev–Trinajstić information content (AvgIpc) is 2.74. The molecular weight excluding hydrogens is 260 g/mol. The number of carbonyl (C=O) groups excluding carboxylic acids is 1. The number of alkyl halides is 2. The zero-order valence-electron chi connectivity index (χ0n) is 10.9. The maximum absolute atomic E-state index is 12.6. The fraction of sp³-hybridized carbons (Fsp3) is 0.188. The smallest absolute Gasteiger partial charge is 0.263 e. The van der Waals surface area contributed by atoms with Gasteiger partial charge in [-0.25, -0.2) is 8.78 Å². The van der Waals surface area contributed by atoms with Crippen molar-refractivity contribution >= 4 is 5.91 Å². The molecule has 0 aromatic heterocycles. The Kier molecular flexibility index (Phi) is 3.01. The summed E-state index contributed by atoms with van der Waals surface area (Å²) in [5, 5.41) is 0. The van der Waals surface area contributed by atoms with Gasteiger partial charge in [-0.1, -0.05) is 36.4 Å². The third-order valence-corrected chi connectivity index (χ3v) is 3.62. The normalized spacial score (nSPS) is 14.0. The van der Waals surface area contributed by atoms with E-state index in [1.165, 1.54) is 12.1 Å². The predicted octanol–water partition coefficient (Wildman–Crippen LogP) is 3.88. The van der Waals surface area contributed by atoms with Crippen LogP contribution in [-0.2, 0) is 6.54 Å². The van der Waals surface area contributed by atoms with Crippen LogP contribution in [-0.4, -0.2) is 17.9 Å². The zero-order chi connectivity index (χ0) is 14.3. The third kappa shape index (κ3) is 1.97.